The van der Waals surface area contributed by atoms with E-state index in [1.165, 1.54) is 0 Å². The van der Waals surface area contributed by atoms with E-state index in [4.69, 9.17) is 41.9 Å². The van der Waals surface area contributed by atoms with Crippen LogP contribution in [0.1, 0.15) is 56.8 Å². The predicted octanol–water partition coefficient (Wildman–Crippen LogP) is 6.22. The number of hydrogen-bond donors (Lipinski definition) is 0. The summed E-state index contributed by atoms with van der Waals surface area (Å²) in [5.41, 5.74) is 2.30. The molecule has 30 heavy (non-hydrogen) atoms. The number of halogens is 2. The Morgan fingerprint density at radius 1 is 1.10 bits per heavy atom. The van der Waals surface area contributed by atoms with Crippen LogP contribution in [0.15, 0.2) is 22.7 Å². The standard InChI is InChI=1S/C23H27Cl2NO4/c1-13(2)22-17(21(26-30-22)20-18(24)4-3-5-19(20)25)12-27-16-10-14-6-7-15(11-16)23(14)28-8-9-29-23/h3-5,13-16H,6-12H2,1-2H3/t14-,15+,16-. The number of benzene rings is 1. The van der Waals surface area contributed by atoms with Gasteiger partial charge in [0, 0.05) is 28.9 Å². The van der Waals surface area contributed by atoms with Crippen LogP contribution >= 0.6 is 23.2 Å². The molecule has 1 aromatic carbocycles. The van der Waals surface area contributed by atoms with E-state index >= 15 is 0 Å². The molecule has 3 fully saturated rings. The van der Waals surface area contributed by atoms with Crippen molar-refractivity contribution in [2.75, 3.05) is 13.2 Å². The molecule has 7 heteroatoms. The lowest BCUT2D eigenvalue weighted by Gasteiger charge is -2.41. The smallest absolute Gasteiger partial charge is 0.174 e. The maximum absolute atomic E-state index is 6.45. The molecule has 2 bridgehead atoms. The first-order chi connectivity index (χ1) is 14.5. The SMILES string of the molecule is CC(C)c1onc(-c2c(Cl)cccc2Cl)c1CO[C@@H]1C[C@H]2CC[C@@H](C1)C21OCCO1. The number of rotatable bonds is 5. The molecule has 0 N–H and O–H groups in total. The second-order valence-electron chi connectivity index (χ2n) is 8.92. The lowest BCUT2D eigenvalue weighted by Crippen LogP contribution is -2.47. The highest BCUT2D eigenvalue weighted by Crippen LogP contribution is 2.54. The molecule has 1 aliphatic heterocycles. The molecule has 2 heterocycles. The summed E-state index contributed by atoms with van der Waals surface area (Å²) >= 11 is 12.9. The third-order valence-corrected chi connectivity index (χ3v) is 7.47. The van der Waals surface area contributed by atoms with E-state index in [1.807, 2.05) is 18.2 Å². The first kappa shape index (κ1) is 20.8. The minimum Gasteiger partial charge on any atom is -0.373 e. The minimum absolute atomic E-state index is 0.172. The van der Waals surface area contributed by atoms with Crippen LogP contribution in [0.4, 0.5) is 0 Å². The fourth-order valence-corrected chi connectivity index (χ4v) is 6.10. The lowest BCUT2D eigenvalue weighted by molar-refractivity contribution is -0.238. The molecule has 1 saturated heterocycles. The van der Waals surface area contributed by atoms with Gasteiger partial charge >= 0.3 is 0 Å². The van der Waals surface area contributed by atoms with Gasteiger partial charge in [0.25, 0.3) is 0 Å². The normalized spacial score (nSPS) is 27.4. The molecule has 1 spiro atoms. The molecule has 1 aromatic heterocycles. The van der Waals surface area contributed by atoms with Gasteiger partial charge in [-0.1, -0.05) is 48.3 Å². The number of aromatic nitrogens is 1. The van der Waals surface area contributed by atoms with E-state index < -0.39 is 0 Å². The molecule has 2 saturated carbocycles. The Bertz CT molecular complexity index is 886. The fraction of sp³-hybridized carbons (Fsp3) is 0.609. The van der Waals surface area contributed by atoms with Gasteiger partial charge in [-0.2, -0.15) is 0 Å². The first-order valence-electron chi connectivity index (χ1n) is 10.8. The van der Waals surface area contributed by atoms with Crippen molar-refractivity contribution in [2.45, 2.75) is 63.9 Å². The van der Waals surface area contributed by atoms with Crippen molar-refractivity contribution in [3.8, 4) is 11.3 Å². The lowest BCUT2D eigenvalue weighted by atomic mass is 9.81. The van der Waals surface area contributed by atoms with Crippen molar-refractivity contribution in [3.05, 3.63) is 39.6 Å². The molecule has 0 radical (unpaired) electrons. The Kier molecular flexibility index (Phi) is 5.61. The van der Waals surface area contributed by atoms with Crippen molar-refractivity contribution < 1.29 is 18.7 Å². The van der Waals surface area contributed by atoms with Crippen LogP contribution < -0.4 is 0 Å². The zero-order valence-corrected chi connectivity index (χ0v) is 18.8. The highest BCUT2D eigenvalue weighted by atomic mass is 35.5. The van der Waals surface area contributed by atoms with E-state index in [1.54, 1.807) is 0 Å². The van der Waals surface area contributed by atoms with Crippen LogP contribution in [0.5, 0.6) is 0 Å². The van der Waals surface area contributed by atoms with E-state index in [0.29, 0.717) is 53.0 Å². The Hall–Kier alpha value is -1.11. The summed E-state index contributed by atoms with van der Waals surface area (Å²) in [6.07, 6.45) is 4.39. The van der Waals surface area contributed by atoms with Gasteiger partial charge in [0.05, 0.1) is 36.0 Å². The van der Waals surface area contributed by atoms with Gasteiger partial charge in [-0.25, -0.2) is 0 Å². The summed E-state index contributed by atoms with van der Waals surface area (Å²) in [5, 5.41) is 5.44. The van der Waals surface area contributed by atoms with Gasteiger partial charge in [-0.15, -0.1) is 0 Å². The topological polar surface area (TPSA) is 53.7 Å². The number of hydrogen-bond acceptors (Lipinski definition) is 5. The van der Waals surface area contributed by atoms with E-state index in [2.05, 4.69) is 19.0 Å². The van der Waals surface area contributed by atoms with Crippen LogP contribution in [0.2, 0.25) is 10.0 Å². The van der Waals surface area contributed by atoms with Crippen molar-refractivity contribution in [1.29, 1.82) is 0 Å². The first-order valence-corrected chi connectivity index (χ1v) is 11.6. The molecule has 5 rings (SSSR count). The maximum Gasteiger partial charge on any atom is 0.174 e. The van der Waals surface area contributed by atoms with E-state index in [-0.39, 0.29) is 17.8 Å². The van der Waals surface area contributed by atoms with Crippen molar-refractivity contribution in [1.82, 2.24) is 5.16 Å². The van der Waals surface area contributed by atoms with Crippen LogP contribution in [-0.4, -0.2) is 30.3 Å². The summed E-state index contributed by atoms with van der Waals surface area (Å²) < 4.78 is 24.3. The molecular formula is C23H27Cl2NO4. The largest absolute Gasteiger partial charge is 0.373 e. The Morgan fingerprint density at radius 2 is 1.73 bits per heavy atom. The summed E-state index contributed by atoms with van der Waals surface area (Å²) in [5.74, 6) is 1.47. The predicted molar refractivity (Wildman–Crippen MR) is 115 cm³/mol. The molecule has 162 valence electrons. The quantitative estimate of drug-likeness (QED) is 0.539. The Labute approximate surface area is 186 Å². The van der Waals surface area contributed by atoms with Gasteiger partial charge in [0.2, 0.25) is 0 Å². The van der Waals surface area contributed by atoms with Gasteiger partial charge in [-0.05, 0) is 37.8 Å². The molecule has 2 aliphatic carbocycles. The molecule has 2 aromatic rings. The second-order valence-corrected chi connectivity index (χ2v) is 9.73. The summed E-state index contributed by atoms with van der Waals surface area (Å²) in [6.45, 7) is 6.01. The van der Waals surface area contributed by atoms with Crippen LogP contribution in [-0.2, 0) is 20.8 Å². The summed E-state index contributed by atoms with van der Waals surface area (Å²) in [6, 6.07) is 5.46. The molecule has 3 atom stereocenters. The maximum atomic E-state index is 6.45. The van der Waals surface area contributed by atoms with Gasteiger partial charge < -0.3 is 18.7 Å². The average molecular weight is 452 g/mol. The monoisotopic (exact) mass is 451 g/mol. The van der Waals surface area contributed by atoms with Crippen molar-refractivity contribution >= 4 is 23.2 Å². The highest BCUT2D eigenvalue weighted by Gasteiger charge is 2.58. The average Bonchev–Trinajstić information content (AvgIpc) is 3.39. The highest BCUT2D eigenvalue weighted by molar-refractivity contribution is 6.39. The molecule has 0 unspecified atom stereocenters. The fourth-order valence-electron chi connectivity index (χ4n) is 5.52. The summed E-state index contributed by atoms with van der Waals surface area (Å²) in [7, 11) is 0. The van der Waals surface area contributed by atoms with E-state index in [9.17, 15) is 0 Å². The Morgan fingerprint density at radius 3 is 2.33 bits per heavy atom. The molecule has 5 nitrogen and oxygen atoms in total. The van der Waals surface area contributed by atoms with E-state index in [0.717, 1.165) is 37.0 Å². The minimum atomic E-state index is -0.351. The van der Waals surface area contributed by atoms with Crippen LogP contribution in [0.3, 0.4) is 0 Å². The van der Waals surface area contributed by atoms with Crippen molar-refractivity contribution in [2.24, 2.45) is 11.8 Å². The number of nitrogens with zero attached hydrogens (tertiary/aromatic N) is 1. The third-order valence-electron chi connectivity index (χ3n) is 6.84. The Balaban J connectivity index is 1.37. The van der Waals surface area contributed by atoms with Crippen LogP contribution in [0, 0.1) is 11.8 Å². The molecule has 0 amide bonds. The number of ether oxygens (including phenoxy) is 3. The van der Waals surface area contributed by atoms with Gasteiger partial charge in [0.15, 0.2) is 5.79 Å². The van der Waals surface area contributed by atoms with Crippen molar-refractivity contribution in [3.63, 3.8) is 0 Å². The van der Waals surface area contributed by atoms with Gasteiger partial charge in [0.1, 0.15) is 11.5 Å². The zero-order valence-electron chi connectivity index (χ0n) is 17.3. The van der Waals surface area contributed by atoms with Gasteiger partial charge in [-0.3, -0.25) is 0 Å². The molecule has 3 aliphatic rings. The molecular weight excluding hydrogens is 425 g/mol. The van der Waals surface area contributed by atoms with Crippen LogP contribution in [0.25, 0.3) is 11.3 Å². The second kappa shape index (κ2) is 8.10. The summed E-state index contributed by atoms with van der Waals surface area (Å²) in [4.78, 5) is 0. The zero-order chi connectivity index (χ0) is 20.9. The third kappa shape index (κ3) is 3.39.